The van der Waals surface area contributed by atoms with Crippen LogP contribution in [0.15, 0.2) is 51.3 Å². The maximum Gasteiger partial charge on any atom is 0.291 e. The molecule has 6 nitrogen and oxygen atoms in total. The minimum absolute atomic E-state index is 0.0684. The molecule has 0 radical (unpaired) electrons. The lowest BCUT2D eigenvalue weighted by molar-refractivity contribution is -0.117. The number of nitrogens with one attached hydrogen (secondary N) is 2. The van der Waals surface area contributed by atoms with E-state index in [2.05, 4.69) is 10.6 Å². The molecular weight excluding hydrogens is 248 g/mol. The summed E-state index contributed by atoms with van der Waals surface area (Å²) in [7, 11) is 1.47. The lowest BCUT2D eigenvalue weighted by Crippen LogP contribution is -2.32. The van der Waals surface area contributed by atoms with Gasteiger partial charge < -0.3 is 19.5 Å². The normalized spacial score (nSPS) is 11.1. The molecule has 0 atom stereocenters. The lowest BCUT2D eigenvalue weighted by Gasteiger charge is -2.06. The van der Waals surface area contributed by atoms with Crippen LogP contribution in [0.25, 0.3) is 6.08 Å². The maximum absolute atomic E-state index is 11.8. The third-order valence-corrected chi connectivity index (χ3v) is 2.29. The van der Waals surface area contributed by atoms with Gasteiger partial charge in [-0.1, -0.05) is 0 Å². The van der Waals surface area contributed by atoms with E-state index in [1.165, 1.54) is 31.7 Å². The van der Waals surface area contributed by atoms with Crippen LogP contribution >= 0.6 is 0 Å². The number of furan rings is 2. The highest BCUT2D eigenvalue weighted by atomic mass is 16.3. The van der Waals surface area contributed by atoms with Gasteiger partial charge in [0.1, 0.15) is 11.5 Å². The number of carbonyl (C=O) groups is 2. The summed E-state index contributed by atoms with van der Waals surface area (Å²) in [6.07, 6.45) is 4.28. The van der Waals surface area contributed by atoms with Crippen molar-refractivity contribution in [2.24, 2.45) is 0 Å². The Balaban J connectivity index is 2.20. The van der Waals surface area contributed by atoms with Crippen LogP contribution in [0.4, 0.5) is 0 Å². The van der Waals surface area contributed by atoms with Crippen LogP contribution in [0.5, 0.6) is 0 Å². The summed E-state index contributed by atoms with van der Waals surface area (Å²) in [6.45, 7) is 0. The SMILES string of the molecule is CNC(=O)/C(=C/c1ccco1)NC(=O)c1ccco1. The number of amides is 2. The first kappa shape index (κ1) is 12.7. The van der Waals surface area contributed by atoms with Gasteiger partial charge in [-0.25, -0.2) is 0 Å². The van der Waals surface area contributed by atoms with Gasteiger partial charge in [-0.05, 0) is 24.3 Å². The summed E-state index contributed by atoms with van der Waals surface area (Å²) < 4.78 is 10.1. The minimum Gasteiger partial charge on any atom is -0.465 e. The second-order valence-electron chi connectivity index (χ2n) is 3.58. The smallest absolute Gasteiger partial charge is 0.291 e. The summed E-state index contributed by atoms with van der Waals surface area (Å²) in [5.41, 5.74) is 0.0684. The van der Waals surface area contributed by atoms with Crippen molar-refractivity contribution in [2.75, 3.05) is 7.05 Å². The maximum atomic E-state index is 11.8. The van der Waals surface area contributed by atoms with Gasteiger partial charge >= 0.3 is 0 Å². The predicted octanol–water partition coefficient (Wildman–Crippen LogP) is 1.39. The Morgan fingerprint density at radius 3 is 2.47 bits per heavy atom. The molecule has 2 heterocycles. The number of likely N-dealkylation sites (N-methyl/N-ethyl adjacent to an activating group) is 1. The topological polar surface area (TPSA) is 84.5 Å². The van der Waals surface area contributed by atoms with E-state index >= 15 is 0 Å². The summed E-state index contributed by atoms with van der Waals surface area (Å²) in [5.74, 6) is -0.365. The minimum atomic E-state index is -0.508. The average Bonchev–Trinajstić information content (AvgIpc) is 3.09. The molecule has 0 aromatic carbocycles. The summed E-state index contributed by atoms with van der Waals surface area (Å²) in [4.78, 5) is 23.5. The molecule has 0 saturated heterocycles. The standard InChI is InChI=1S/C13H12N2O4/c1-14-12(16)10(8-9-4-2-6-18-9)15-13(17)11-5-3-7-19-11/h2-8H,1H3,(H,14,16)(H,15,17)/b10-8-. The van der Waals surface area contributed by atoms with Crippen molar-refractivity contribution < 1.29 is 18.4 Å². The van der Waals surface area contributed by atoms with Crippen LogP contribution in [-0.4, -0.2) is 18.9 Å². The van der Waals surface area contributed by atoms with Crippen LogP contribution in [0.1, 0.15) is 16.3 Å². The molecule has 6 heteroatoms. The highest BCUT2D eigenvalue weighted by Crippen LogP contribution is 2.07. The molecular formula is C13H12N2O4. The molecule has 2 aromatic rings. The van der Waals surface area contributed by atoms with Crippen LogP contribution in [0.3, 0.4) is 0 Å². The fourth-order valence-electron chi connectivity index (χ4n) is 1.40. The van der Waals surface area contributed by atoms with E-state index in [0.29, 0.717) is 5.76 Å². The third kappa shape index (κ3) is 3.12. The van der Waals surface area contributed by atoms with Crippen molar-refractivity contribution in [1.82, 2.24) is 10.6 Å². The molecule has 0 bridgehead atoms. The molecule has 0 unspecified atom stereocenters. The zero-order chi connectivity index (χ0) is 13.7. The molecule has 0 aliphatic heterocycles. The van der Waals surface area contributed by atoms with Crippen molar-refractivity contribution in [3.05, 3.63) is 54.0 Å². The fourth-order valence-corrected chi connectivity index (χ4v) is 1.40. The van der Waals surface area contributed by atoms with Gasteiger partial charge in [-0.3, -0.25) is 9.59 Å². The largest absolute Gasteiger partial charge is 0.465 e. The van der Waals surface area contributed by atoms with Gasteiger partial charge in [0.15, 0.2) is 5.76 Å². The lowest BCUT2D eigenvalue weighted by atomic mass is 10.3. The Morgan fingerprint density at radius 2 is 1.89 bits per heavy atom. The van der Waals surface area contributed by atoms with Crippen LogP contribution < -0.4 is 10.6 Å². The molecule has 2 N–H and O–H groups in total. The van der Waals surface area contributed by atoms with E-state index in [-0.39, 0.29) is 11.5 Å². The number of rotatable bonds is 4. The quantitative estimate of drug-likeness (QED) is 0.813. The number of hydrogen-bond acceptors (Lipinski definition) is 4. The van der Waals surface area contributed by atoms with Crippen molar-refractivity contribution in [1.29, 1.82) is 0 Å². The van der Waals surface area contributed by atoms with Crippen molar-refractivity contribution in [3.63, 3.8) is 0 Å². The molecule has 98 valence electrons. The molecule has 19 heavy (non-hydrogen) atoms. The Kier molecular flexibility index (Phi) is 3.82. The first-order valence-electron chi connectivity index (χ1n) is 5.53. The molecule has 2 rings (SSSR count). The van der Waals surface area contributed by atoms with Crippen molar-refractivity contribution in [2.45, 2.75) is 0 Å². The first-order chi connectivity index (χ1) is 9.20. The molecule has 2 aromatic heterocycles. The zero-order valence-corrected chi connectivity index (χ0v) is 10.2. The van der Waals surface area contributed by atoms with Crippen LogP contribution in [-0.2, 0) is 4.79 Å². The van der Waals surface area contributed by atoms with Gasteiger partial charge in [-0.15, -0.1) is 0 Å². The molecule has 2 amide bonds. The van der Waals surface area contributed by atoms with Gasteiger partial charge in [0.2, 0.25) is 0 Å². The highest BCUT2D eigenvalue weighted by Gasteiger charge is 2.15. The van der Waals surface area contributed by atoms with Gasteiger partial charge in [0.05, 0.1) is 12.5 Å². The van der Waals surface area contributed by atoms with Crippen LogP contribution in [0.2, 0.25) is 0 Å². The Hall–Kier alpha value is -2.76. The zero-order valence-electron chi connectivity index (χ0n) is 10.2. The van der Waals surface area contributed by atoms with E-state index in [9.17, 15) is 9.59 Å². The van der Waals surface area contributed by atoms with Crippen molar-refractivity contribution >= 4 is 17.9 Å². The van der Waals surface area contributed by atoms with E-state index in [4.69, 9.17) is 8.83 Å². The molecule has 0 aliphatic carbocycles. The van der Waals surface area contributed by atoms with Crippen LogP contribution in [0, 0.1) is 0 Å². The average molecular weight is 260 g/mol. The summed E-state index contributed by atoms with van der Waals surface area (Å²) in [5, 5.41) is 4.90. The van der Waals surface area contributed by atoms with E-state index in [0.717, 1.165) is 0 Å². The monoisotopic (exact) mass is 260 g/mol. The Morgan fingerprint density at radius 1 is 1.16 bits per heavy atom. The molecule has 0 saturated carbocycles. The van der Waals surface area contributed by atoms with E-state index < -0.39 is 11.8 Å². The van der Waals surface area contributed by atoms with Crippen molar-refractivity contribution in [3.8, 4) is 0 Å². The first-order valence-corrected chi connectivity index (χ1v) is 5.53. The number of hydrogen-bond donors (Lipinski definition) is 2. The third-order valence-electron chi connectivity index (χ3n) is 2.29. The second-order valence-corrected chi connectivity index (χ2v) is 3.58. The summed E-state index contributed by atoms with van der Waals surface area (Å²) >= 11 is 0. The van der Waals surface area contributed by atoms with Gasteiger partial charge in [0, 0.05) is 13.1 Å². The molecule has 0 spiro atoms. The molecule has 0 aliphatic rings. The fraction of sp³-hybridized carbons (Fsp3) is 0.0769. The van der Waals surface area contributed by atoms with Gasteiger partial charge in [0.25, 0.3) is 11.8 Å². The number of carbonyl (C=O) groups excluding carboxylic acids is 2. The second kappa shape index (κ2) is 5.72. The predicted molar refractivity (Wildman–Crippen MR) is 66.9 cm³/mol. The Bertz CT molecular complexity index is 582. The molecule has 0 fully saturated rings. The van der Waals surface area contributed by atoms with Gasteiger partial charge in [-0.2, -0.15) is 0 Å². The summed E-state index contributed by atoms with van der Waals surface area (Å²) in [6, 6.07) is 6.44. The highest BCUT2D eigenvalue weighted by molar-refractivity contribution is 6.04. The van der Waals surface area contributed by atoms with E-state index in [1.54, 1.807) is 18.2 Å². The van der Waals surface area contributed by atoms with E-state index in [1.807, 2.05) is 0 Å². The Labute approximate surface area is 109 Å².